The third-order valence-corrected chi connectivity index (χ3v) is 5.87. The summed E-state index contributed by atoms with van der Waals surface area (Å²) in [5, 5.41) is 1.41. The van der Waals surface area contributed by atoms with E-state index in [4.69, 9.17) is 9.72 Å². The van der Waals surface area contributed by atoms with E-state index in [1.165, 1.54) is 5.56 Å². The van der Waals surface area contributed by atoms with E-state index in [2.05, 4.69) is 30.8 Å². The minimum absolute atomic E-state index is 0.0144. The first-order valence-corrected chi connectivity index (χ1v) is 10.2. The van der Waals surface area contributed by atoms with Crippen molar-refractivity contribution in [3.63, 3.8) is 0 Å². The van der Waals surface area contributed by atoms with Crippen molar-refractivity contribution in [1.82, 2.24) is 9.55 Å². The molecule has 4 nitrogen and oxygen atoms in total. The predicted molar refractivity (Wildman–Crippen MR) is 111 cm³/mol. The van der Waals surface area contributed by atoms with Gasteiger partial charge < -0.3 is 4.74 Å². The number of hydrogen-bond donors (Lipinski definition) is 0. The fourth-order valence-corrected chi connectivity index (χ4v) is 4.27. The molecular weight excluding hydrogens is 356 g/mol. The molecule has 2 heterocycles. The van der Waals surface area contributed by atoms with Crippen LogP contribution in [0.25, 0.3) is 17.0 Å². The van der Waals surface area contributed by atoms with Crippen LogP contribution in [0.5, 0.6) is 0 Å². The van der Waals surface area contributed by atoms with Crippen LogP contribution < -0.4 is 5.56 Å². The second-order valence-electron chi connectivity index (χ2n) is 6.70. The summed E-state index contributed by atoms with van der Waals surface area (Å²) in [7, 11) is 0. The first-order chi connectivity index (χ1) is 13.2. The first-order valence-electron chi connectivity index (χ1n) is 9.20. The van der Waals surface area contributed by atoms with Crippen molar-refractivity contribution in [2.45, 2.75) is 36.4 Å². The molecule has 0 unspecified atom stereocenters. The van der Waals surface area contributed by atoms with E-state index in [-0.39, 0.29) is 11.7 Å². The molecule has 0 bridgehead atoms. The Kier molecular flexibility index (Phi) is 5.41. The lowest BCUT2D eigenvalue weighted by Crippen LogP contribution is -2.28. The molecule has 0 aliphatic carbocycles. The number of thioether (sulfide) groups is 1. The Balaban J connectivity index is 1.65. The quantitative estimate of drug-likeness (QED) is 0.468. The van der Waals surface area contributed by atoms with Crippen LogP contribution in [0.15, 0.2) is 65.1 Å². The molecule has 0 N–H and O–H groups in total. The number of rotatable bonds is 6. The summed E-state index contributed by atoms with van der Waals surface area (Å²) in [5.74, 6) is 0.758. The Labute approximate surface area is 162 Å². The second kappa shape index (κ2) is 8.11. The third kappa shape index (κ3) is 3.99. The highest BCUT2D eigenvalue weighted by molar-refractivity contribution is 7.98. The standard InChI is InChI=1S/C22H22N2O2S/c1-2-16-9-11-17(12-10-16)15-27-22-23-20-8-4-3-7-19(20)21(25)24(22)14-18-6-5-13-26-18/h2-4,7-12,18H,1,5-6,13-15H2/t18-/m0/s1. The Morgan fingerprint density at radius 3 is 2.78 bits per heavy atom. The number of hydrogen-bond acceptors (Lipinski definition) is 4. The molecule has 4 rings (SSSR count). The highest BCUT2D eigenvalue weighted by Gasteiger charge is 2.20. The van der Waals surface area contributed by atoms with Crippen LogP contribution in [-0.2, 0) is 17.0 Å². The molecule has 5 heteroatoms. The lowest BCUT2D eigenvalue weighted by Gasteiger charge is -2.16. The normalized spacial score (nSPS) is 16.7. The average Bonchev–Trinajstić information content (AvgIpc) is 3.22. The molecule has 0 radical (unpaired) electrons. The number of para-hydroxylation sites is 1. The summed E-state index contributed by atoms with van der Waals surface area (Å²) in [6.07, 6.45) is 3.98. The van der Waals surface area contributed by atoms with Gasteiger partial charge in [0, 0.05) is 12.4 Å². The van der Waals surface area contributed by atoms with Crippen LogP contribution in [0, 0.1) is 0 Å². The Morgan fingerprint density at radius 2 is 2.04 bits per heavy atom. The maximum absolute atomic E-state index is 13.1. The van der Waals surface area contributed by atoms with Gasteiger partial charge in [0.1, 0.15) is 0 Å². The number of ether oxygens (including phenoxy) is 1. The van der Waals surface area contributed by atoms with Gasteiger partial charge in [0.15, 0.2) is 5.16 Å². The Morgan fingerprint density at radius 1 is 1.22 bits per heavy atom. The first kappa shape index (κ1) is 18.0. The molecule has 1 atom stereocenters. The van der Waals surface area contributed by atoms with Gasteiger partial charge in [-0.2, -0.15) is 0 Å². The zero-order valence-electron chi connectivity index (χ0n) is 15.1. The minimum atomic E-state index is 0.0144. The maximum atomic E-state index is 13.1. The second-order valence-corrected chi connectivity index (χ2v) is 7.64. The fraction of sp³-hybridized carbons (Fsp3) is 0.273. The summed E-state index contributed by atoms with van der Waals surface area (Å²) in [4.78, 5) is 17.9. The average molecular weight is 378 g/mol. The molecule has 27 heavy (non-hydrogen) atoms. The van der Waals surface area contributed by atoms with Gasteiger partial charge in [-0.1, -0.05) is 60.8 Å². The largest absolute Gasteiger partial charge is 0.376 e. The van der Waals surface area contributed by atoms with E-state index in [1.807, 2.05) is 30.3 Å². The molecule has 1 saturated heterocycles. The van der Waals surface area contributed by atoms with Crippen molar-refractivity contribution in [3.05, 3.63) is 76.6 Å². The van der Waals surface area contributed by atoms with Crippen LogP contribution in [-0.4, -0.2) is 22.3 Å². The van der Waals surface area contributed by atoms with Gasteiger partial charge in [-0.15, -0.1) is 0 Å². The minimum Gasteiger partial charge on any atom is -0.376 e. The Hall–Kier alpha value is -2.37. The third-order valence-electron chi connectivity index (χ3n) is 4.82. The summed E-state index contributed by atoms with van der Waals surface area (Å²) < 4.78 is 7.55. The van der Waals surface area contributed by atoms with Gasteiger partial charge in [-0.3, -0.25) is 9.36 Å². The summed E-state index contributed by atoms with van der Waals surface area (Å²) >= 11 is 1.60. The molecule has 1 aliphatic rings. The van der Waals surface area contributed by atoms with Crippen LogP contribution in [0.2, 0.25) is 0 Å². The molecule has 0 saturated carbocycles. The summed E-state index contributed by atoms with van der Waals surface area (Å²) in [6, 6.07) is 15.8. The van der Waals surface area contributed by atoms with Crippen molar-refractivity contribution < 1.29 is 4.74 Å². The van der Waals surface area contributed by atoms with Crippen molar-refractivity contribution in [1.29, 1.82) is 0 Å². The van der Waals surface area contributed by atoms with E-state index in [9.17, 15) is 4.79 Å². The smallest absolute Gasteiger partial charge is 0.262 e. The number of benzene rings is 2. The van der Waals surface area contributed by atoms with Crippen LogP contribution >= 0.6 is 11.8 Å². The molecule has 1 fully saturated rings. The van der Waals surface area contributed by atoms with Crippen LogP contribution in [0.4, 0.5) is 0 Å². The number of nitrogens with zero attached hydrogens (tertiary/aromatic N) is 2. The van der Waals surface area contributed by atoms with Gasteiger partial charge in [0.05, 0.1) is 23.6 Å². The zero-order valence-corrected chi connectivity index (χ0v) is 16.0. The Bertz CT molecular complexity index is 1000. The topological polar surface area (TPSA) is 44.1 Å². The molecule has 1 aliphatic heterocycles. The van der Waals surface area contributed by atoms with E-state index in [0.29, 0.717) is 11.9 Å². The van der Waals surface area contributed by atoms with Crippen LogP contribution in [0.1, 0.15) is 24.0 Å². The molecule has 0 amide bonds. The molecular formula is C22H22N2O2S. The molecule has 1 aromatic heterocycles. The van der Waals surface area contributed by atoms with E-state index in [1.54, 1.807) is 16.3 Å². The molecule has 0 spiro atoms. The van der Waals surface area contributed by atoms with Crippen molar-refractivity contribution in [2.24, 2.45) is 0 Å². The van der Waals surface area contributed by atoms with Gasteiger partial charge in [0.25, 0.3) is 5.56 Å². The lowest BCUT2D eigenvalue weighted by atomic mass is 10.1. The molecule has 3 aromatic rings. The lowest BCUT2D eigenvalue weighted by molar-refractivity contribution is 0.0937. The monoisotopic (exact) mass is 378 g/mol. The highest BCUT2D eigenvalue weighted by atomic mass is 32.2. The summed E-state index contributed by atoms with van der Waals surface area (Å²) in [6.45, 7) is 5.13. The summed E-state index contributed by atoms with van der Waals surface area (Å²) in [5.41, 5.74) is 3.05. The van der Waals surface area contributed by atoms with Gasteiger partial charge in [0.2, 0.25) is 0 Å². The van der Waals surface area contributed by atoms with Crippen molar-refractivity contribution in [3.8, 4) is 0 Å². The zero-order chi connectivity index (χ0) is 18.6. The molecule has 138 valence electrons. The fourth-order valence-electron chi connectivity index (χ4n) is 3.31. The molecule has 2 aromatic carbocycles. The van der Waals surface area contributed by atoms with Crippen LogP contribution in [0.3, 0.4) is 0 Å². The van der Waals surface area contributed by atoms with Gasteiger partial charge in [-0.25, -0.2) is 4.98 Å². The highest BCUT2D eigenvalue weighted by Crippen LogP contribution is 2.24. The number of aromatic nitrogens is 2. The maximum Gasteiger partial charge on any atom is 0.262 e. The van der Waals surface area contributed by atoms with Gasteiger partial charge in [-0.05, 0) is 36.1 Å². The van der Waals surface area contributed by atoms with E-state index >= 15 is 0 Å². The van der Waals surface area contributed by atoms with Gasteiger partial charge >= 0.3 is 0 Å². The number of fused-ring (bicyclic) bond motifs is 1. The predicted octanol–water partition coefficient (Wildman–Crippen LogP) is 4.51. The van der Waals surface area contributed by atoms with Crippen molar-refractivity contribution >= 4 is 28.7 Å². The van der Waals surface area contributed by atoms with E-state index < -0.39 is 0 Å². The van der Waals surface area contributed by atoms with Crippen molar-refractivity contribution in [2.75, 3.05) is 6.61 Å². The van der Waals surface area contributed by atoms with E-state index in [0.717, 1.165) is 41.4 Å². The SMILES string of the molecule is C=Cc1ccc(CSc2nc3ccccc3c(=O)n2C[C@@H]2CCCO2)cc1.